The highest BCUT2D eigenvalue weighted by Crippen LogP contribution is 2.36. The van der Waals surface area contributed by atoms with Crippen molar-refractivity contribution >= 4 is 28.7 Å². The van der Waals surface area contributed by atoms with Gasteiger partial charge in [0.2, 0.25) is 0 Å². The Hall–Kier alpha value is -1.24. The van der Waals surface area contributed by atoms with Crippen molar-refractivity contribution in [3.05, 3.63) is 16.9 Å². The van der Waals surface area contributed by atoms with Gasteiger partial charge in [0.15, 0.2) is 5.82 Å². The highest BCUT2D eigenvalue weighted by molar-refractivity contribution is 6.33. The van der Waals surface area contributed by atoms with Crippen molar-refractivity contribution in [3.8, 4) is 0 Å². The van der Waals surface area contributed by atoms with Crippen molar-refractivity contribution in [3.63, 3.8) is 0 Å². The Labute approximate surface area is 109 Å². The van der Waals surface area contributed by atoms with Gasteiger partial charge in [-0.15, -0.1) is 0 Å². The highest BCUT2D eigenvalue weighted by atomic mass is 35.5. The number of benzene rings is 1. The van der Waals surface area contributed by atoms with E-state index in [4.69, 9.17) is 32.9 Å². The first-order valence-electron chi connectivity index (χ1n) is 5.55. The molecule has 1 aliphatic rings. The molecular weight excluding hydrogens is 261 g/mol. The second kappa shape index (κ2) is 5.17. The molecule has 0 aromatic heterocycles. The zero-order chi connectivity index (χ0) is 13.3. The number of halogens is 2. The molecule has 1 fully saturated rings. The predicted octanol–water partition coefficient (Wildman–Crippen LogP) is 0.841. The van der Waals surface area contributed by atoms with E-state index in [2.05, 4.69) is 0 Å². The summed E-state index contributed by atoms with van der Waals surface area (Å²) in [6.07, 6.45) is -0.353. The van der Waals surface area contributed by atoms with E-state index in [0.29, 0.717) is 19.7 Å². The van der Waals surface area contributed by atoms with E-state index in [9.17, 15) is 4.39 Å². The molecule has 5 nitrogen and oxygen atoms in total. The Morgan fingerprint density at radius 2 is 2.22 bits per heavy atom. The van der Waals surface area contributed by atoms with Gasteiger partial charge < -0.3 is 26.2 Å². The first-order chi connectivity index (χ1) is 8.54. The van der Waals surface area contributed by atoms with E-state index < -0.39 is 5.82 Å². The molecule has 1 heterocycles. The normalized spacial score (nSPS) is 20.2. The number of anilines is 3. The molecule has 1 aromatic rings. The Bertz CT molecular complexity index is 458. The lowest BCUT2D eigenvalue weighted by atomic mass is 10.1. The molecule has 1 atom stereocenters. The van der Waals surface area contributed by atoms with Crippen LogP contribution >= 0.6 is 11.6 Å². The molecule has 1 aliphatic heterocycles. The van der Waals surface area contributed by atoms with Gasteiger partial charge in [-0.25, -0.2) is 4.39 Å². The van der Waals surface area contributed by atoms with Gasteiger partial charge in [0.05, 0.1) is 36.4 Å². The lowest BCUT2D eigenvalue weighted by Gasteiger charge is -2.34. The number of ether oxygens (including phenoxy) is 1. The minimum absolute atomic E-state index is 0.113. The lowest BCUT2D eigenvalue weighted by molar-refractivity contribution is 0.00345. The van der Waals surface area contributed by atoms with E-state index in [-0.39, 0.29) is 34.8 Å². The third-order valence-corrected chi connectivity index (χ3v) is 3.28. The van der Waals surface area contributed by atoms with E-state index >= 15 is 0 Å². The molecular formula is C11H15ClFN3O2. The highest BCUT2D eigenvalue weighted by Gasteiger charge is 2.25. The number of aliphatic hydroxyl groups excluding tert-OH is 1. The SMILES string of the molecule is Nc1cc(N)c(N2CCOC(CO)C2)c(F)c1Cl. The maximum atomic E-state index is 14.1. The smallest absolute Gasteiger partial charge is 0.169 e. The summed E-state index contributed by atoms with van der Waals surface area (Å²) in [5, 5.41) is 8.94. The number of nitrogens with zero attached hydrogens (tertiary/aromatic N) is 1. The van der Waals surface area contributed by atoms with Crippen LogP contribution in [0.2, 0.25) is 5.02 Å². The number of nitrogen functional groups attached to an aromatic ring is 2. The van der Waals surface area contributed by atoms with Gasteiger partial charge >= 0.3 is 0 Å². The van der Waals surface area contributed by atoms with Crippen LogP contribution in [0.25, 0.3) is 0 Å². The summed E-state index contributed by atoms with van der Waals surface area (Å²) in [4.78, 5) is 1.71. The fourth-order valence-corrected chi connectivity index (χ4v) is 2.15. The standard InChI is InChI=1S/C11H15ClFN3O2/c12-9-7(14)3-8(15)11(10(9)13)16-1-2-18-6(4-16)5-17/h3,6,17H,1-2,4-5,14-15H2. The van der Waals surface area contributed by atoms with Crippen molar-refractivity contribution in [1.29, 1.82) is 0 Å². The minimum atomic E-state index is -0.632. The second-order valence-corrected chi connectivity index (χ2v) is 4.53. The molecule has 0 bridgehead atoms. The Balaban J connectivity index is 2.35. The first kappa shape index (κ1) is 13.2. The van der Waals surface area contributed by atoms with Crippen LogP contribution in [0.5, 0.6) is 0 Å². The molecule has 1 unspecified atom stereocenters. The van der Waals surface area contributed by atoms with Crippen molar-refractivity contribution in [2.45, 2.75) is 6.10 Å². The van der Waals surface area contributed by atoms with Gasteiger partial charge in [0.25, 0.3) is 0 Å². The van der Waals surface area contributed by atoms with E-state index in [0.717, 1.165) is 0 Å². The zero-order valence-corrected chi connectivity index (χ0v) is 10.5. The number of hydrogen-bond donors (Lipinski definition) is 3. The quantitative estimate of drug-likeness (QED) is 0.697. The monoisotopic (exact) mass is 275 g/mol. The zero-order valence-electron chi connectivity index (χ0n) is 9.70. The van der Waals surface area contributed by atoms with Gasteiger partial charge in [-0.05, 0) is 6.07 Å². The average Bonchev–Trinajstić information content (AvgIpc) is 2.36. The van der Waals surface area contributed by atoms with Crippen LogP contribution in [0.15, 0.2) is 6.07 Å². The average molecular weight is 276 g/mol. The third kappa shape index (κ3) is 2.31. The topological polar surface area (TPSA) is 84.7 Å². The lowest BCUT2D eigenvalue weighted by Crippen LogP contribution is -2.44. The van der Waals surface area contributed by atoms with Gasteiger partial charge in [-0.1, -0.05) is 11.6 Å². The van der Waals surface area contributed by atoms with Crippen molar-refractivity contribution < 1.29 is 14.2 Å². The molecule has 0 spiro atoms. The molecule has 0 radical (unpaired) electrons. The van der Waals surface area contributed by atoms with E-state index in [1.807, 2.05) is 0 Å². The molecule has 100 valence electrons. The summed E-state index contributed by atoms with van der Waals surface area (Å²) in [6.45, 7) is 1.11. The maximum absolute atomic E-state index is 14.1. The minimum Gasteiger partial charge on any atom is -0.397 e. The molecule has 2 rings (SSSR count). The largest absolute Gasteiger partial charge is 0.397 e. The van der Waals surface area contributed by atoms with Crippen LogP contribution in [-0.4, -0.2) is 37.5 Å². The van der Waals surface area contributed by atoms with Crippen molar-refractivity contribution in [1.82, 2.24) is 0 Å². The van der Waals surface area contributed by atoms with Crippen molar-refractivity contribution in [2.24, 2.45) is 0 Å². The molecule has 0 aliphatic carbocycles. The summed E-state index contributed by atoms with van der Waals surface area (Å²) in [5.74, 6) is -0.632. The van der Waals surface area contributed by atoms with E-state index in [1.165, 1.54) is 6.07 Å². The fraction of sp³-hybridized carbons (Fsp3) is 0.455. The molecule has 7 heteroatoms. The summed E-state index contributed by atoms with van der Waals surface area (Å²) < 4.78 is 19.4. The van der Waals surface area contributed by atoms with Crippen molar-refractivity contribution in [2.75, 3.05) is 42.7 Å². The molecule has 5 N–H and O–H groups in total. The van der Waals surface area contributed by atoms with Gasteiger partial charge in [0.1, 0.15) is 5.02 Å². The Morgan fingerprint density at radius 3 is 2.89 bits per heavy atom. The number of aliphatic hydroxyl groups is 1. The summed E-state index contributed by atoms with van der Waals surface area (Å²) in [7, 11) is 0. The van der Waals surface area contributed by atoms with Crippen LogP contribution in [0.4, 0.5) is 21.5 Å². The van der Waals surface area contributed by atoms with Crippen LogP contribution < -0.4 is 16.4 Å². The molecule has 0 saturated carbocycles. The van der Waals surface area contributed by atoms with Gasteiger partial charge in [-0.3, -0.25) is 0 Å². The Morgan fingerprint density at radius 1 is 1.50 bits per heavy atom. The maximum Gasteiger partial charge on any atom is 0.169 e. The third-order valence-electron chi connectivity index (χ3n) is 2.90. The van der Waals surface area contributed by atoms with Crippen LogP contribution in [-0.2, 0) is 4.74 Å². The summed E-state index contributed by atoms with van der Waals surface area (Å²) in [5.41, 5.74) is 11.9. The first-order valence-corrected chi connectivity index (χ1v) is 5.92. The number of nitrogens with two attached hydrogens (primary N) is 2. The van der Waals surface area contributed by atoms with E-state index in [1.54, 1.807) is 4.90 Å². The predicted molar refractivity (Wildman–Crippen MR) is 69.3 cm³/mol. The number of morpholine rings is 1. The van der Waals surface area contributed by atoms with Gasteiger partial charge in [-0.2, -0.15) is 0 Å². The molecule has 0 amide bonds. The van der Waals surface area contributed by atoms with Crippen LogP contribution in [0, 0.1) is 5.82 Å². The molecule has 1 saturated heterocycles. The number of rotatable bonds is 2. The Kier molecular flexibility index (Phi) is 3.79. The number of hydrogen-bond acceptors (Lipinski definition) is 5. The molecule has 1 aromatic carbocycles. The van der Waals surface area contributed by atoms with Crippen LogP contribution in [0.3, 0.4) is 0 Å². The van der Waals surface area contributed by atoms with Crippen LogP contribution in [0.1, 0.15) is 0 Å². The fourth-order valence-electron chi connectivity index (χ4n) is 2.01. The summed E-state index contributed by atoms with van der Waals surface area (Å²) in [6, 6.07) is 1.43. The van der Waals surface area contributed by atoms with Gasteiger partial charge in [0, 0.05) is 13.1 Å². The summed E-state index contributed by atoms with van der Waals surface area (Å²) >= 11 is 5.78. The molecule has 18 heavy (non-hydrogen) atoms. The second-order valence-electron chi connectivity index (χ2n) is 4.15.